The van der Waals surface area contributed by atoms with E-state index in [4.69, 9.17) is 10.1 Å². The molecule has 2 aromatic heterocycles. The average Bonchev–Trinajstić information content (AvgIpc) is 3.31. The number of carboxylic acid groups (broad SMARTS) is 1. The minimum atomic E-state index is -0.888. The van der Waals surface area contributed by atoms with Crippen molar-refractivity contribution in [2.24, 2.45) is 7.05 Å². The van der Waals surface area contributed by atoms with Crippen molar-refractivity contribution in [2.75, 3.05) is 38.0 Å². The standard InChI is InChI=1S/C21H28N6O3/c1-25-15-18(14-23-25)27(13-11-26(21(27)30)10-8-19(28)29)12-3-5-17-7-6-16-4-2-9-22-20(16)24-17/h6-7,14-15H,2-5,8-13H2,1H3,(H-,22,24,28,29)/p+1. The molecular formula is C21H29N6O3+. The van der Waals surface area contributed by atoms with E-state index in [9.17, 15) is 9.59 Å². The third-order valence-corrected chi connectivity index (χ3v) is 6.09. The minimum absolute atomic E-state index is 0.0369. The molecule has 160 valence electrons. The summed E-state index contributed by atoms with van der Waals surface area (Å²) >= 11 is 0. The predicted octanol–water partition coefficient (Wildman–Crippen LogP) is 2.02. The number of pyridine rings is 1. The first-order valence-electron chi connectivity index (χ1n) is 10.6. The lowest BCUT2D eigenvalue weighted by Gasteiger charge is -2.29. The SMILES string of the molecule is Cn1cc([N+]2(CCCc3ccc4c(n3)NCCC4)CCN(CCC(=O)O)C2=O)cn1. The van der Waals surface area contributed by atoms with E-state index in [0.717, 1.165) is 49.4 Å². The summed E-state index contributed by atoms with van der Waals surface area (Å²) in [5.74, 6) is 0.105. The largest absolute Gasteiger partial charge is 0.481 e. The van der Waals surface area contributed by atoms with Gasteiger partial charge in [-0.3, -0.25) is 14.4 Å². The van der Waals surface area contributed by atoms with Gasteiger partial charge < -0.3 is 10.4 Å². The average molecular weight is 414 g/mol. The zero-order valence-electron chi connectivity index (χ0n) is 17.4. The first kappa shape index (κ1) is 20.3. The van der Waals surface area contributed by atoms with E-state index in [-0.39, 0.29) is 23.5 Å². The molecule has 2 aliphatic heterocycles. The normalized spacial score (nSPS) is 20.8. The van der Waals surface area contributed by atoms with Crippen LogP contribution in [0.25, 0.3) is 0 Å². The summed E-state index contributed by atoms with van der Waals surface area (Å²) in [6.45, 7) is 3.03. The van der Waals surface area contributed by atoms with Crippen LogP contribution in [-0.4, -0.2) is 69.5 Å². The Morgan fingerprint density at radius 2 is 2.23 bits per heavy atom. The van der Waals surface area contributed by atoms with E-state index in [1.54, 1.807) is 15.8 Å². The summed E-state index contributed by atoms with van der Waals surface area (Å²) in [6, 6.07) is 4.21. The molecule has 1 saturated heterocycles. The Kier molecular flexibility index (Phi) is 5.72. The number of quaternary nitrogens is 1. The molecule has 2 amide bonds. The van der Waals surface area contributed by atoms with Crippen molar-refractivity contribution >= 4 is 23.5 Å². The summed E-state index contributed by atoms with van der Waals surface area (Å²) in [6.07, 6.45) is 7.40. The fraction of sp³-hybridized carbons (Fsp3) is 0.524. The van der Waals surface area contributed by atoms with Crippen LogP contribution in [0.2, 0.25) is 0 Å². The quantitative estimate of drug-likeness (QED) is 0.642. The van der Waals surface area contributed by atoms with Crippen LogP contribution in [0, 0.1) is 0 Å². The van der Waals surface area contributed by atoms with E-state index in [0.29, 0.717) is 19.6 Å². The van der Waals surface area contributed by atoms with E-state index >= 15 is 0 Å². The number of urea groups is 1. The fourth-order valence-electron chi connectivity index (χ4n) is 4.44. The summed E-state index contributed by atoms with van der Waals surface area (Å²) in [7, 11) is 1.84. The first-order chi connectivity index (χ1) is 14.5. The van der Waals surface area contributed by atoms with Gasteiger partial charge in [-0.15, -0.1) is 0 Å². The zero-order valence-corrected chi connectivity index (χ0v) is 17.4. The first-order valence-corrected chi connectivity index (χ1v) is 10.6. The predicted molar refractivity (Wildman–Crippen MR) is 113 cm³/mol. The lowest BCUT2D eigenvalue weighted by atomic mass is 10.1. The van der Waals surface area contributed by atoms with Gasteiger partial charge in [-0.2, -0.15) is 5.10 Å². The van der Waals surface area contributed by atoms with Crippen LogP contribution in [-0.2, 0) is 24.7 Å². The Labute approximate surface area is 175 Å². The van der Waals surface area contributed by atoms with Crippen molar-refractivity contribution < 1.29 is 14.7 Å². The highest BCUT2D eigenvalue weighted by molar-refractivity contribution is 5.89. The lowest BCUT2D eigenvalue weighted by Crippen LogP contribution is -2.53. The van der Waals surface area contributed by atoms with Gasteiger partial charge >= 0.3 is 12.0 Å². The Hall–Kier alpha value is -2.94. The summed E-state index contributed by atoms with van der Waals surface area (Å²) in [5, 5.41) is 16.6. The van der Waals surface area contributed by atoms with Gasteiger partial charge in [-0.05, 0) is 30.9 Å². The molecule has 4 rings (SSSR count). The topological polar surface area (TPSA) is 100 Å². The van der Waals surface area contributed by atoms with Crippen molar-refractivity contribution in [2.45, 2.75) is 32.1 Å². The summed E-state index contributed by atoms with van der Waals surface area (Å²) in [5.41, 5.74) is 3.16. The van der Waals surface area contributed by atoms with Crippen molar-refractivity contribution in [1.29, 1.82) is 0 Å². The molecule has 2 aromatic rings. The molecule has 30 heavy (non-hydrogen) atoms. The number of rotatable bonds is 8. The maximum absolute atomic E-state index is 13.3. The Bertz CT molecular complexity index is 943. The molecule has 9 nitrogen and oxygen atoms in total. The molecule has 2 aliphatic rings. The number of anilines is 1. The third kappa shape index (κ3) is 4.02. The molecule has 1 fully saturated rings. The van der Waals surface area contributed by atoms with Gasteiger partial charge in [0.2, 0.25) is 0 Å². The summed E-state index contributed by atoms with van der Waals surface area (Å²) < 4.78 is 1.90. The molecule has 0 radical (unpaired) electrons. The molecule has 0 aromatic carbocycles. The van der Waals surface area contributed by atoms with E-state index < -0.39 is 5.97 Å². The molecule has 4 heterocycles. The van der Waals surface area contributed by atoms with Gasteiger partial charge in [0, 0.05) is 32.3 Å². The number of carboxylic acids is 1. The molecule has 0 bridgehead atoms. The number of nitrogens with one attached hydrogen (secondary N) is 1. The second kappa shape index (κ2) is 8.43. The van der Waals surface area contributed by atoms with Gasteiger partial charge in [0.05, 0.1) is 25.7 Å². The van der Waals surface area contributed by atoms with E-state index in [2.05, 4.69) is 22.5 Å². The van der Waals surface area contributed by atoms with Gasteiger partial charge in [0.25, 0.3) is 0 Å². The van der Waals surface area contributed by atoms with Gasteiger partial charge in [0.1, 0.15) is 18.6 Å². The molecule has 0 saturated carbocycles. The highest BCUT2D eigenvalue weighted by atomic mass is 16.4. The fourth-order valence-corrected chi connectivity index (χ4v) is 4.44. The van der Waals surface area contributed by atoms with Crippen LogP contribution in [0.4, 0.5) is 16.3 Å². The van der Waals surface area contributed by atoms with Crippen LogP contribution in [0.5, 0.6) is 0 Å². The van der Waals surface area contributed by atoms with Crippen molar-refractivity contribution in [3.05, 3.63) is 35.8 Å². The molecule has 1 unspecified atom stereocenters. The molecule has 9 heteroatoms. The molecular weight excluding hydrogens is 384 g/mol. The monoisotopic (exact) mass is 413 g/mol. The number of fused-ring (bicyclic) bond motifs is 1. The lowest BCUT2D eigenvalue weighted by molar-refractivity contribution is -0.137. The highest BCUT2D eigenvalue weighted by Crippen LogP contribution is 2.30. The number of hydrogen-bond donors (Lipinski definition) is 2. The Morgan fingerprint density at radius 3 is 3.00 bits per heavy atom. The zero-order chi connectivity index (χ0) is 21.1. The number of aliphatic carboxylic acids is 1. The van der Waals surface area contributed by atoms with Crippen LogP contribution in [0.3, 0.4) is 0 Å². The van der Waals surface area contributed by atoms with Crippen LogP contribution >= 0.6 is 0 Å². The maximum Gasteiger partial charge on any atom is 0.424 e. The van der Waals surface area contributed by atoms with E-state index in [1.165, 1.54) is 5.56 Å². The smallest absolute Gasteiger partial charge is 0.424 e. The van der Waals surface area contributed by atoms with Gasteiger partial charge in [-0.25, -0.2) is 14.3 Å². The van der Waals surface area contributed by atoms with Crippen molar-refractivity contribution in [3.8, 4) is 0 Å². The van der Waals surface area contributed by atoms with E-state index in [1.807, 2.05) is 13.2 Å². The number of aromatic nitrogens is 3. The number of carbonyl (C=O) groups is 2. The highest BCUT2D eigenvalue weighted by Gasteiger charge is 2.48. The summed E-state index contributed by atoms with van der Waals surface area (Å²) in [4.78, 5) is 30.7. The third-order valence-electron chi connectivity index (χ3n) is 6.09. The van der Waals surface area contributed by atoms with Crippen LogP contribution < -0.4 is 9.80 Å². The second-order valence-electron chi connectivity index (χ2n) is 8.14. The minimum Gasteiger partial charge on any atom is -0.481 e. The van der Waals surface area contributed by atoms with Crippen LogP contribution in [0.1, 0.15) is 30.5 Å². The molecule has 0 spiro atoms. The molecule has 0 aliphatic carbocycles. The molecule has 2 N–H and O–H groups in total. The number of hydrogen-bond acceptors (Lipinski definition) is 5. The number of nitrogens with zero attached hydrogens (tertiary/aromatic N) is 5. The number of amides is 2. The van der Waals surface area contributed by atoms with Gasteiger partial charge in [-0.1, -0.05) is 6.07 Å². The Morgan fingerprint density at radius 1 is 1.37 bits per heavy atom. The van der Waals surface area contributed by atoms with Crippen LogP contribution in [0.15, 0.2) is 24.5 Å². The number of carbonyl (C=O) groups excluding carboxylic acids is 1. The number of aryl methyl sites for hydroxylation is 3. The van der Waals surface area contributed by atoms with Crippen molar-refractivity contribution in [1.82, 2.24) is 24.1 Å². The maximum atomic E-state index is 13.3. The molecule has 1 atom stereocenters. The Balaban J connectivity index is 1.47. The van der Waals surface area contributed by atoms with Gasteiger partial charge in [0.15, 0.2) is 5.69 Å². The second-order valence-corrected chi connectivity index (χ2v) is 8.14. The van der Waals surface area contributed by atoms with Crippen molar-refractivity contribution in [3.63, 3.8) is 0 Å².